The van der Waals surface area contributed by atoms with Crippen molar-refractivity contribution < 1.29 is 13.6 Å². The van der Waals surface area contributed by atoms with Crippen molar-refractivity contribution in [2.75, 3.05) is 5.73 Å². The van der Waals surface area contributed by atoms with Gasteiger partial charge in [-0.05, 0) is 29.8 Å². The molecule has 0 aromatic heterocycles. The first kappa shape index (κ1) is 13.0. The molecule has 2 rings (SSSR count). The highest BCUT2D eigenvalue weighted by Gasteiger charge is 2.14. The summed E-state index contributed by atoms with van der Waals surface area (Å²) in [5.41, 5.74) is 6.64. The number of rotatable bonds is 3. The number of nitrogen functional groups attached to an aromatic ring is 1. The molecule has 98 valence electrons. The van der Waals surface area contributed by atoms with Gasteiger partial charge in [-0.2, -0.15) is 0 Å². The first-order valence-electron chi connectivity index (χ1n) is 5.64. The van der Waals surface area contributed by atoms with E-state index in [0.29, 0.717) is 5.69 Å². The van der Waals surface area contributed by atoms with Gasteiger partial charge in [0.25, 0.3) is 5.91 Å². The minimum absolute atomic E-state index is 0.194. The first-order valence-corrected chi connectivity index (χ1v) is 5.64. The van der Waals surface area contributed by atoms with Crippen LogP contribution in [0.25, 0.3) is 0 Å². The zero-order valence-corrected chi connectivity index (χ0v) is 9.99. The van der Waals surface area contributed by atoms with E-state index >= 15 is 0 Å². The Bertz CT molecular complexity index is 614. The fraction of sp³-hybridized carbons (Fsp3) is 0.0714. The second kappa shape index (κ2) is 5.48. The van der Waals surface area contributed by atoms with Gasteiger partial charge in [-0.3, -0.25) is 4.79 Å². The van der Waals surface area contributed by atoms with E-state index in [2.05, 4.69) is 5.32 Å². The standard InChI is InChI=1S/C14H12F2N2O/c15-12-6-2-5-11(13(12)16)14(19)18-8-9-3-1-4-10(17)7-9/h1-7H,8,17H2,(H,18,19). The van der Waals surface area contributed by atoms with Crippen molar-refractivity contribution in [2.24, 2.45) is 0 Å². The van der Waals surface area contributed by atoms with Gasteiger partial charge in [-0.15, -0.1) is 0 Å². The van der Waals surface area contributed by atoms with Gasteiger partial charge in [0, 0.05) is 12.2 Å². The number of carbonyl (C=O) groups excluding carboxylic acids is 1. The van der Waals surface area contributed by atoms with Crippen LogP contribution in [0.2, 0.25) is 0 Å². The predicted molar refractivity (Wildman–Crippen MR) is 68.4 cm³/mol. The predicted octanol–water partition coefficient (Wildman–Crippen LogP) is 2.48. The van der Waals surface area contributed by atoms with Gasteiger partial charge >= 0.3 is 0 Å². The average molecular weight is 262 g/mol. The zero-order valence-electron chi connectivity index (χ0n) is 9.99. The molecule has 0 unspecified atom stereocenters. The zero-order chi connectivity index (χ0) is 13.8. The van der Waals surface area contributed by atoms with Crippen LogP contribution in [0.1, 0.15) is 15.9 Å². The molecule has 0 aliphatic rings. The number of benzene rings is 2. The molecular formula is C14H12F2N2O. The number of carbonyl (C=O) groups is 1. The third-order valence-electron chi connectivity index (χ3n) is 2.60. The number of nitrogens with two attached hydrogens (primary N) is 1. The summed E-state index contributed by atoms with van der Waals surface area (Å²) < 4.78 is 26.4. The van der Waals surface area contributed by atoms with Crippen LogP contribution in [0, 0.1) is 11.6 Å². The molecular weight excluding hydrogens is 250 g/mol. The van der Waals surface area contributed by atoms with E-state index in [4.69, 9.17) is 5.73 Å². The molecule has 0 heterocycles. The Morgan fingerprint density at radius 2 is 1.89 bits per heavy atom. The fourth-order valence-corrected chi connectivity index (χ4v) is 1.66. The van der Waals surface area contributed by atoms with E-state index in [1.165, 1.54) is 12.1 Å². The van der Waals surface area contributed by atoms with Crippen molar-refractivity contribution in [1.82, 2.24) is 5.32 Å². The molecule has 2 aromatic carbocycles. The summed E-state index contributed by atoms with van der Waals surface area (Å²) in [5.74, 6) is -2.86. The van der Waals surface area contributed by atoms with E-state index in [1.54, 1.807) is 24.3 Å². The molecule has 0 bridgehead atoms. The van der Waals surface area contributed by atoms with Crippen molar-refractivity contribution in [3.63, 3.8) is 0 Å². The van der Waals surface area contributed by atoms with Crippen molar-refractivity contribution in [2.45, 2.75) is 6.54 Å². The van der Waals surface area contributed by atoms with E-state index in [9.17, 15) is 13.6 Å². The molecule has 5 heteroatoms. The Morgan fingerprint density at radius 1 is 1.16 bits per heavy atom. The van der Waals surface area contributed by atoms with Crippen LogP contribution in [-0.4, -0.2) is 5.91 Å². The van der Waals surface area contributed by atoms with Crippen LogP contribution >= 0.6 is 0 Å². The normalized spacial score (nSPS) is 10.2. The van der Waals surface area contributed by atoms with E-state index < -0.39 is 17.5 Å². The highest BCUT2D eigenvalue weighted by atomic mass is 19.2. The van der Waals surface area contributed by atoms with Gasteiger partial charge in [-0.1, -0.05) is 18.2 Å². The Labute approximate surface area is 109 Å². The molecule has 3 N–H and O–H groups in total. The maximum absolute atomic E-state index is 13.4. The summed E-state index contributed by atoms with van der Waals surface area (Å²) in [4.78, 5) is 11.7. The van der Waals surface area contributed by atoms with Crippen LogP contribution < -0.4 is 11.1 Å². The second-order valence-electron chi connectivity index (χ2n) is 4.03. The SMILES string of the molecule is Nc1cccc(CNC(=O)c2cccc(F)c2F)c1. The lowest BCUT2D eigenvalue weighted by atomic mass is 10.1. The van der Waals surface area contributed by atoms with Crippen LogP contribution in [-0.2, 0) is 6.54 Å². The van der Waals surface area contributed by atoms with Gasteiger partial charge in [0.15, 0.2) is 11.6 Å². The third-order valence-corrected chi connectivity index (χ3v) is 2.60. The largest absolute Gasteiger partial charge is 0.399 e. The van der Waals surface area contributed by atoms with Crippen molar-refractivity contribution >= 4 is 11.6 Å². The summed E-state index contributed by atoms with van der Waals surface area (Å²) in [6.45, 7) is 0.194. The number of anilines is 1. The van der Waals surface area contributed by atoms with Crippen molar-refractivity contribution in [3.05, 3.63) is 65.2 Å². The third kappa shape index (κ3) is 3.07. The van der Waals surface area contributed by atoms with Crippen molar-refractivity contribution in [3.8, 4) is 0 Å². The van der Waals surface area contributed by atoms with Crippen LogP contribution in [0.3, 0.4) is 0 Å². The Balaban J connectivity index is 2.08. The van der Waals surface area contributed by atoms with Gasteiger partial charge in [0.1, 0.15) is 0 Å². The fourth-order valence-electron chi connectivity index (χ4n) is 1.66. The molecule has 0 atom stereocenters. The minimum Gasteiger partial charge on any atom is -0.399 e. The Hall–Kier alpha value is -2.43. The molecule has 0 fully saturated rings. The number of hydrogen-bond donors (Lipinski definition) is 2. The summed E-state index contributed by atoms with van der Waals surface area (Å²) in [5, 5.41) is 2.51. The molecule has 1 amide bonds. The minimum atomic E-state index is -1.15. The van der Waals surface area contributed by atoms with Crippen LogP contribution in [0.4, 0.5) is 14.5 Å². The molecule has 0 radical (unpaired) electrons. The number of halogens is 2. The van der Waals surface area contributed by atoms with Gasteiger partial charge in [0.2, 0.25) is 0 Å². The van der Waals surface area contributed by atoms with E-state index in [-0.39, 0.29) is 12.1 Å². The van der Waals surface area contributed by atoms with Gasteiger partial charge in [0.05, 0.1) is 5.56 Å². The topological polar surface area (TPSA) is 55.1 Å². The van der Waals surface area contributed by atoms with E-state index in [0.717, 1.165) is 11.6 Å². The van der Waals surface area contributed by atoms with Gasteiger partial charge in [-0.25, -0.2) is 8.78 Å². The average Bonchev–Trinajstić information content (AvgIpc) is 2.39. The molecule has 0 spiro atoms. The quantitative estimate of drug-likeness (QED) is 0.835. The Kier molecular flexibility index (Phi) is 3.75. The maximum Gasteiger partial charge on any atom is 0.254 e. The lowest BCUT2D eigenvalue weighted by Crippen LogP contribution is -2.24. The monoisotopic (exact) mass is 262 g/mol. The highest BCUT2D eigenvalue weighted by Crippen LogP contribution is 2.12. The van der Waals surface area contributed by atoms with Crippen LogP contribution in [0.15, 0.2) is 42.5 Å². The molecule has 0 aliphatic carbocycles. The number of hydrogen-bond acceptors (Lipinski definition) is 2. The lowest BCUT2D eigenvalue weighted by molar-refractivity contribution is 0.0946. The molecule has 19 heavy (non-hydrogen) atoms. The molecule has 3 nitrogen and oxygen atoms in total. The summed E-state index contributed by atoms with van der Waals surface area (Å²) in [6, 6.07) is 10.4. The molecule has 0 saturated carbocycles. The molecule has 0 saturated heterocycles. The summed E-state index contributed by atoms with van der Waals surface area (Å²) in [6.07, 6.45) is 0. The maximum atomic E-state index is 13.4. The van der Waals surface area contributed by atoms with Crippen LogP contribution in [0.5, 0.6) is 0 Å². The first-order chi connectivity index (χ1) is 9.08. The highest BCUT2D eigenvalue weighted by molar-refractivity contribution is 5.94. The van der Waals surface area contributed by atoms with Crippen molar-refractivity contribution in [1.29, 1.82) is 0 Å². The van der Waals surface area contributed by atoms with Gasteiger partial charge < -0.3 is 11.1 Å². The Morgan fingerprint density at radius 3 is 2.63 bits per heavy atom. The smallest absolute Gasteiger partial charge is 0.254 e. The molecule has 0 aliphatic heterocycles. The summed E-state index contributed by atoms with van der Waals surface area (Å²) in [7, 11) is 0. The number of amides is 1. The lowest BCUT2D eigenvalue weighted by Gasteiger charge is -2.07. The van der Waals surface area contributed by atoms with E-state index in [1.807, 2.05) is 0 Å². The molecule has 2 aromatic rings. The second-order valence-corrected chi connectivity index (χ2v) is 4.03. The summed E-state index contributed by atoms with van der Waals surface area (Å²) >= 11 is 0. The number of nitrogens with one attached hydrogen (secondary N) is 1.